The highest BCUT2D eigenvalue weighted by Crippen LogP contribution is 2.34. The second-order valence-electron chi connectivity index (χ2n) is 7.47. The number of fused-ring (bicyclic) bond motifs is 1. The molecule has 3 aromatic rings. The second-order valence-corrected chi connectivity index (χ2v) is 9.83. The van der Waals surface area contributed by atoms with E-state index in [0.29, 0.717) is 25.6 Å². The van der Waals surface area contributed by atoms with Crippen molar-refractivity contribution in [3.05, 3.63) is 98.1 Å². The molecule has 0 spiro atoms. The number of halogens is 2. The fraction of sp³-hybridized carbons (Fsp3) is 0.174. The van der Waals surface area contributed by atoms with Gasteiger partial charge in [-0.2, -0.15) is 0 Å². The minimum absolute atomic E-state index is 0.0840. The van der Waals surface area contributed by atoms with Crippen LogP contribution in [-0.2, 0) is 9.53 Å². The summed E-state index contributed by atoms with van der Waals surface area (Å²) in [5.74, 6) is -1.16. The number of nitrogens with zero attached hydrogens (tertiary/aromatic N) is 3. The lowest BCUT2D eigenvalue weighted by atomic mass is 9.96. The Labute approximate surface area is 215 Å². The Morgan fingerprint density at radius 1 is 1.37 bits per heavy atom. The van der Waals surface area contributed by atoms with E-state index in [1.54, 1.807) is 38.1 Å². The number of nitro benzene ring substituents is 1. The number of hydrogen-bond donors (Lipinski definition) is 1. The first-order valence-electron chi connectivity index (χ1n) is 10.2. The highest BCUT2D eigenvalue weighted by Gasteiger charge is 2.33. The summed E-state index contributed by atoms with van der Waals surface area (Å²) >= 11 is 10.3. The summed E-state index contributed by atoms with van der Waals surface area (Å²) in [6, 6.07) is 8.55. The molecule has 1 aliphatic rings. The van der Waals surface area contributed by atoms with Gasteiger partial charge >= 0.3 is 11.7 Å². The van der Waals surface area contributed by atoms with E-state index in [1.165, 1.54) is 22.8 Å². The fourth-order valence-electron chi connectivity index (χ4n) is 3.75. The van der Waals surface area contributed by atoms with Crippen molar-refractivity contribution in [2.75, 3.05) is 6.61 Å². The third kappa shape index (κ3) is 4.66. The molecule has 4 rings (SSSR count). The molecule has 0 bridgehead atoms. The van der Waals surface area contributed by atoms with E-state index in [2.05, 4.69) is 20.9 Å². The SMILES string of the molecule is CCOC(=O)C1=C(C)N=c2s/c(=C\c3cc(Br)cc([N+](=O)[O-])c3O)c(=O)n2[C@@H]1c1ccc(Cl)cc1. The molecule has 0 unspecified atom stereocenters. The zero-order chi connectivity index (χ0) is 25.4. The molecule has 0 saturated heterocycles. The van der Waals surface area contributed by atoms with Crippen LogP contribution in [0.25, 0.3) is 6.08 Å². The van der Waals surface area contributed by atoms with Crippen LogP contribution in [0.3, 0.4) is 0 Å². The predicted molar refractivity (Wildman–Crippen MR) is 134 cm³/mol. The second kappa shape index (κ2) is 9.76. The van der Waals surface area contributed by atoms with Crippen molar-refractivity contribution in [3.8, 4) is 5.75 Å². The number of benzene rings is 2. The lowest BCUT2D eigenvalue weighted by molar-refractivity contribution is -0.385. The Balaban J connectivity index is 1.98. The lowest BCUT2D eigenvalue weighted by Crippen LogP contribution is -2.39. The molecule has 0 aliphatic carbocycles. The third-order valence-electron chi connectivity index (χ3n) is 5.27. The van der Waals surface area contributed by atoms with E-state index in [0.717, 1.165) is 11.3 Å². The number of carbonyl (C=O) groups is 1. The molecule has 35 heavy (non-hydrogen) atoms. The molecule has 0 amide bonds. The lowest BCUT2D eigenvalue weighted by Gasteiger charge is -2.24. The number of phenolic OH excluding ortho intramolecular Hbond substituents is 1. The zero-order valence-electron chi connectivity index (χ0n) is 18.3. The summed E-state index contributed by atoms with van der Waals surface area (Å²) < 4.78 is 7.15. The maximum atomic E-state index is 13.6. The Morgan fingerprint density at radius 2 is 2.06 bits per heavy atom. The van der Waals surface area contributed by atoms with Crippen molar-refractivity contribution >= 4 is 56.6 Å². The van der Waals surface area contributed by atoms with E-state index in [1.807, 2.05) is 0 Å². The monoisotopic (exact) mass is 577 g/mol. The number of carbonyl (C=O) groups excluding carboxylic acids is 1. The molecule has 2 aromatic carbocycles. The maximum absolute atomic E-state index is 13.6. The molecule has 1 aromatic heterocycles. The average molecular weight is 579 g/mol. The maximum Gasteiger partial charge on any atom is 0.338 e. The van der Waals surface area contributed by atoms with E-state index < -0.39 is 33.9 Å². The molecule has 0 saturated carbocycles. The normalized spacial score (nSPS) is 15.5. The van der Waals surface area contributed by atoms with Gasteiger partial charge in [-0.25, -0.2) is 9.79 Å². The molecule has 12 heteroatoms. The summed E-state index contributed by atoms with van der Waals surface area (Å²) in [4.78, 5) is 41.8. The Kier molecular flexibility index (Phi) is 6.93. The molecule has 2 heterocycles. The van der Waals surface area contributed by atoms with Crippen molar-refractivity contribution in [2.45, 2.75) is 19.9 Å². The van der Waals surface area contributed by atoms with Crippen LogP contribution in [0.15, 0.2) is 61.9 Å². The van der Waals surface area contributed by atoms with Gasteiger partial charge in [0.15, 0.2) is 4.80 Å². The molecular formula is C23H17BrClN3O6S. The number of esters is 1. The van der Waals surface area contributed by atoms with Gasteiger partial charge in [0.2, 0.25) is 5.75 Å². The van der Waals surface area contributed by atoms with Crippen LogP contribution in [-0.4, -0.2) is 27.2 Å². The molecular weight excluding hydrogens is 562 g/mol. The first-order valence-corrected chi connectivity index (χ1v) is 12.2. The highest BCUT2D eigenvalue weighted by atomic mass is 79.9. The summed E-state index contributed by atoms with van der Waals surface area (Å²) in [6.45, 7) is 3.49. The van der Waals surface area contributed by atoms with Crippen molar-refractivity contribution < 1.29 is 19.6 Å². The molecule has 9 nitrogen and oxygen atoms in total. The number of nitro groups is 1. The van der Waals surface area contributed by atoms with Gasteiger partial charge in [0.25, 0.3) is 5.56 Å². The van der Waals surface area contributed by atoms with Crippen molar-refractivity contribution in [1.82, 2.24) is 4.57 Å². The first-order chi connectivity index (χ1) is 16.6. The van der Waals surface area contributed by atoms with Crippen molar-refractivity contribution in [3.63, 3.8) is 0 Å². The van der Waals surface area contributed by atoms with E-state index in [4.69, 9.17) is 16.3 Å². The van der Waals surface area contributed by atoms with Gasteiger partial charge in [-0.05, 0) is 43.7 Å². The first kappa shape index (κ1) is 24.8. The predicted octanol–water partition coefficient (Wildman–Crippen LogP) is 3.83. The summed E-state index contributed by atoms with van der Waals surface area (Å²) in [5.41, 5.74) is 0.343. The van der Waals surface area contributed by atoms with Gasteiger partial charge in [0.05, 0.1) is 33.4 Å². The van der Waals surface area contributed by atoms with E-state index in [9.17, 15) is 24.8 Å². The van der Waals surface area contributed by atoms with Crippen LogP contribution in [0, 0.1) is 10.1 Å². The molecule has 1 aliphatic heterocycles. The standard InChI is InChI=1S/C23H17BrClN3O6S/c1-3-34-22(31)18-11(2)26-23-27(19(18)12-4-6-15(25)7-5-12)21(30)17(35-23)9-13-8-14(24)10-16(20(13)29)28(32)33/h4-10,19,29H,3H2,1-2H3/b17-9-/t19-/m1/s1. The van der Waals surface area contributed by atoms with Gasteiger partial charge < -0.3 is 9.84 Å². The van der Waals surface area contributed by atoms with Crippen molar-refractivity contribution in [2.24, 2.45) is 4.99 Å². The fourth-order valence-corrected chi connectivity index (χ4v) is 5.37. The van der Waals surface area contributed by atoms with Gasteiger partial charge in [-0.1, -0.05) is 51.0 Å². The van der Waals surface area contributed by atoms with Crippen LogP contribution < -0.4 is 14.9 Å². The number of hydrogen-bond acceptors (Lipinski definition) is 8. The van der Waals surface area contributed by atoms with Gasteiger partial charge in [-0.15, -0.1) is 0 Å². The Morgan fingerprint density at radius 3 is 2.69 bits per heavy atom. The van der Waals surface area contributed by atoms with Crippen LogP contribution in [0.4, 0.5) is 5.69 Å². The number of aromatic nitrogens is 1. The van der Waals surface area contributed by atoms with Gasteiger partial charge in [-0.3, -0.25) is 19.5 Å². The topological polar surface area (TPSA) is 124 Å². The molecule has 180 valence electrons. The number of allylic oxidation sites excluding steroid dienone is 1. The number of thiazole rings is 1. The minimum atomic E-state index is -0.824. The smallest absolute Gasteiger partial charge is 0.338 e. The minimum Gasteiger partial charge on any atom is -0.502 e. The largest absolute Gasteiger partial charge is 0.502 e. The van der Waals surface area contributed by atoms with Crippen molar-refractivity contribution in [1.29, 1.82) is 0 Å². The number of phenols is 1. The molecule has 0 fully saturated rings. The zero-order valence-corrected chi connectivity index (χ0v) is 21.5. The molecule has 1 atom stereocenters. The number of rotatable bonds is 5. The van der Waals surface area contributed by atoms with Crippen LogP contribution >= 0.6 is 38.9 Å². The summed E-state index contributed by atoms with van der Waals surface area (Å²) in [7, 11) is 0. The van der Waals surface area contributed by atoms with E-state index >= 15 is 0 Å². The van der Waals surface area contributed by atoms with Crippen LogP contribution in [0.5, 0.6) is 5.75 Å². The van der Waals surface area contributed by atoms with Gasteiger partial charge in [0, 0.05) is 21.1 Å². The third-order valence-corrected chi connectivity index (χ3v) is 6.96. The van der Waals surface area contributed by atoms with Gasteiger partial charge in [0.1, 0.15) is 0 Å². The van der Waals surface area contributed by atoms with Crippen LogP contribution in [0.2, 0.25) is 5.02 Å². The Bertz CT molecular complexity index is 1580. The van der Waals surface area contributed by atoms with E-state index in [-0.39, 0.29) is 22.3 Å². The molecule has 1 N–H and O–H groups in total. The summed E-state index contributed by atoms with van der Waals surface area (Å²) in [5, 5.41) is 22.2. The highest BCUT2D eigenvalue weighted by molar-refractivity contribution is 9.10. The average Bonchev–Trinajstić information content (AvgIpc) is 3.10. The van der Waals surface area contributed by atoms with Crippen LogP contribution in [0.1, 0.15) is 31.0 Å². The Hall–Kier alpha value is -3.28. The quantitative estimate of drug-likeness (QED) is 0.279. The summed E-state index contributed by atoms with van der Waals surface area (Å²) in [6.07, 6.45) is 1.36. The number of aromatic hydroxyl groups is 1. The molecule has 0 radical (unpaired) electrons. The number of ether oxygens (including phenoxy) is 1.